The van der Waals surface area contributed by atoms with Crippen molar-refractivity contribution in [2.75, 3.05) is 7.11 Å². The van der Waals surface area contributed by atoms with Gasteiger partial charge in [-0.1, -0.05) is 39.5 Å². The summed E-state index contributed by atoms with van der Waals surface area (Å²) in [7, 11) is 1.00. The van der Waals surface area contributed by atoms with Gasteiger partial charge in [0.2, 0.25) is 0 Å². The van der Waals surface area contributed by atoms with E-state index in [9.17, 15) is 0 Å². The fourth-order valence-electron chi connectivity index (χ4n) is 1.43. The van der Waals surface area contributed by atoms with Crippen LogP contribution < -0.4 is 0 Å². The second kappa shape index (κ2) is 5.72. The van der Waals surface area contributed by atoms with Crippen molar-refractivity contribution in [3.05, 3.63) is 0 Å². The highest BCUT2D eigenvalue weighted by molar-refractivity contribution is 4.65. The molecule has 1 fully saturated rings. The summed E-state index contributed by atoms with van der Waals surface area (Å²) in [5, 5.41) is 7.00. The molecule has 0 aliphatic heterocycles. The molecule has 1 saturated carbocycles. The molecular weight excluding hydrogens is 124 g/mol. The highest BCUT2D eigenvalue weighted by Gasteiger charge is 2.13. The molecule has 1 heteroatoms. The van der Waals surface area contributed by atoms with E-state index in [1.807, 2.05) is 0 Å². The predicted molar refractivity (Wildman–Crippen MR) is 44.9 cm³/mol. The van der Waals surface area contributed by atoms with Crippen LogP contribution in [-0.4, -0.2) is 12.2 Å². The molecule has 1 rings (SSSR count). The van der Waals surface area contributed by atoms with E-state index in [0.717, 1.165) is 18.9 Å². The largest absolute Gasteiger partial charge is 0.400 e. The third kappa shape index (κ3) is 3.89. The number of rotatable bonds is 0. The van der Waals surface area contributed by atoms with E-state index in [0.29, 0.717) is 0 Å². The van der Waals surface area contributed by atoms with E-state index in [2.05, 4.69) is 13.8 Å². The molecule has 0 bridgehead atoms. The molecule has 1 aliphatic carbocycles. The summed E-state index contributed by atoms with van der Waals surface area (Å²) in [6, 6.07) is 0. The Labute approximate surface area is 64.5 Å². The van der Waals surface area contributed by atoms with E-state index in [1.54, 1.807) is 0 Å². The summed E-state index contributed by atoms with van der Waals surface area (Å²) in [5.74, 6) is 2.04. The Morgan fingerprint density at radius 1 is 0.800 bits per heavy atom. The Hall–Kier alpha value is -0.0400. The topological polar surface area (TPSA) is 20.2 Å². The lowest BCUT2D eigenvalue weighted by Crippen LogP contribution is -2.08. The van der Waals surface area contributed by atoms with Gasteiger partial charge in [0.15, 0.2) is 0 Å². The van der Waals surface area contributed by atoms with E-state index in [1.165, 1.54) is 25.7 Å². The van der Waals surface area contributed by atoms with Crippen molar-refractivity contribution in [2.45, 2.75) is 39.5 Å². The van der Waals surface area contributed by atoms with E-state index in [-0.39, 0.29) is 0 Å². The van der Waals surface area contributed by atoms with Crippen molar-refractivity contribution in [3.8, 4) is 0 Å². The van der Waals surface area contributed by atoms with Crippen LogP contribution in [0.1, 0.15) is 39.5 Å². The molecule has 0 amide bonds. The molecule has 0 aromatic rings. The van der Waals surface area contributed by atoms with Gasteiger partial charge in [0.25, 0.3) is 0 Å². The number of hydrogen-bond donors (Lipinski definition) is 1. The molecule has 0 aromatic heterocycles. The van der Waals surface area contributed by atoms with Crippen LogP contribution in [0.25, 0.3) is 0 Å². The van der Waals surface area contributed by atoms with Gasteiger partial charge in [-0.3, -0.25) is 0 Å². The molecule has 62 valence electrons. The Kier molecular flexibility index (Phi) is 5.70. The second-order valence-corrected chi connectivity index (χ2v) is 3.37. The maximum Gasteiger partial charge on any atom is 0.0319 e. The molecule has 1 N–H and O–H groups in total. The Balaban J connectivity index is 0.000000371. The average Bonchev–Trinajstić information content (AvgIpc) is 2.00. The van der Waals surface area contributed by atoms with Crippen molar-refractivity contribution >= 4 is 0 Å². The lowest BCUT2D eigenvalue weighted by molar-refractivity contribution is 0.308. The van der Waals surface area contributed by atoms with E-state index < -0.39 is 0 Å². The summed E-state index contributed by atoms with van der Waals surface area (Å²) in [4.78, 5) is 0. The predicted octanol–water partition coefficient (Wildman–Crippen LogP) is 2.44. The van der Waals surface area contributed by atoms with Crippen molar-refractivity contribution in [3.63, 3.8) is 0 Å². The molecule has 1 aliphatic rings. The molecule has 10 heavy (non-hydrogen) atoms. The molecule has 1 nitrogen and oxygen atoms in total. The van der Waals surface area contributed by atoms with Crippen LogP contribution in [0, 0.1) is 11.8 Å². The number of hydrogen-bond acceptors (Lipinski definition) is 1. The smallest absolute Gasteiger partial charge is 0.0319 e. The van der Waals surface area contributed by atoms with Crippen molar-refractivity contribution in [1.29, 1.82) is 0 Å². The third-order valence-electron chi connectivity index (χ3n) is 2.30. The fourth-order valence-corrected chi connectivity index (χ4v) is 1.43. The molecule has 0 heterocycles. The van der Waals surface area contributed by atoms with Crippen LogP contribution >= 0.6 is 0 Å². The molecule has 0 spiro atoms. The first-order valence-corrected chi connectivity index (χ1v) is 4.23. The molecule has 0 atom stereocenters. The standard InChI is InChI=1S/C8H16.CH4O/c1-7-3-5-8(2)6-4-7;1-2/h7-8H,3-6H2,1-2H3;2H,1H3. The first-order valence-electron chi connectivity index (χ1n) is 4.23. The van der Waals surface area contributed by atoms with Crippen LogP contribution in [0.3, 0.4) is 0 Å². The SMILES string of the molecule is CC1CCC(C)CC1.CO. The summed E-state index contributed by atoms with van der Waals surface area (Å²) in [5.41, 5.74) is 0. The zero-order chi connectivity index (χ0) is 7.98. The third-order valence-corrected chi connectivity index (χ3v) is 2.30. The van der Waals surface area contributed by atoms with Crippen LogP contribution in [0.15, 0.2) is 0 Å². The Morgan fingerprint density at radius 3 is 1.20 bits per heavy atom. The van der Waals surface area contributed by atoms with Gasteiger partial charge in [0.1, 0.15) is 0 Å². The minimum absolute atomic E-state index is 1.00. The van der Waals surface area contributed by atoms with Gasteiger partial charge in [-0.15, -0.1) is 0 Å². The molecular formula is C9H20O. The molecule has 0 saturated heterocycles. The van der Waals surface area contributed by atoms with E-state index in [4.69, 9.17) is 5.11 Å². The average molecular weight is 144 g/mol. The monoisotopic (exact) mass is 144 g/mol. The van der Waals surface area contributed by atoms with Gasteiger partial charge < -0.3 is 5.11 Å². The highest BCUT2D eigenvalue weighted by atomic mass is 16.2. The quantitative estimate of drug-likeness (QED) is 0.553. The minimum atomic E-state index is 1.00. The molecule has 0 unspecified atom stereocenters. The van der Waals surface area contributed by atoms with Crippen LogP contribution in [0.2, 0.25) is 0 Å². The van der Waals surface area contributed by atoms with Crippen LogP contribution in [0.4, 0.5) is 0 Å². The lowest BCUT2D eigenvalue weighted by Gasteiger charge is -2.22. The second-order valence-electron chi connectivity index (χ2n) is 3.37. The van der Waals surface area contributed by atoms with Crippen molar-refractivity contribution in [2.24, 2.45) is 11.8 Å². The molecule has 0 aromatic carbocycles. The van der Waals surface area contributed by atoms with E-state index >= 15 is 0 Å². The maximum atomic E-state index is 7.00. The van der Waals surface area contributed by atoms with Crippen LogP contribution in [0.5, 0.6) is 0 Å². The Bertz CT molecular complexity index is 53.1. The van der Waals surface area contributed by atoms with Gasteiger partial charge in [-0.25, -0.2) is 0 Å². The summed E-state index contributed by atoms with van der Waals surface area (Å²) in [6.07, 6.45) is 5.89. The van der Waals surface area contributed by atoms with Gasteiger partial charge in [-0.2, -0.15) is 0 Å². The van der Waals surface area contributed by atoms with Crippen molar-refractivity contribution in [1.82, 2.24) is 0 Å². The van der Waals surface area contributed by atoms with Gasteiger partial charge in [0, 0.05) is 7.11 Å². The number of aliphatic hydroxyl groups is 1. The van der Waals surface area contributed by atoms with Gasteiger partial charge >= 0.3 is 0 Å². The fraction of sp³-hybridized carbons (Fsp3) is 1.00. The first kappa shape index (κ1) is 9.96. The zero-order valence-corrected chi connectivity index (χ0v) is 7.43. The normalized spacial score (nSPS) is 32.4. The lowest BCUT2D eigenvalue weighted by atomic mass is 9.84. The summed E-state index contributed by atoms with van der Waals surface area (Å²) >= 11 is 0. The first-order chi connectivity index (χ1) is 4.79. The van der Waals surface area contributed by atoms with Crippen LogP contribution in [-0.2, 0) is 0 Å². The minimum Gasteiger partial charge on any atom is -0.400 e. The highest BCUT2D eigenvalue weighted by Crippen LogP contribution is 2.27. The maximum absolute atomic E-state index is 7.00. The summed E-state index contributed by atoms with van der Waals surface area (Å²) in [6.45, 7) is 4.73. The zero-order valence-electron chi connectivity index (χ0n) is 7.43. The van der Waals surface area contributed by atoms with Gasteiger partial charge in [-0.05, 0) is 11.8 Å². The summed E-state index contributed by atoms with van der Waals surface area (Å²) < 4.78 is 0. The Morgan fingerprint density at radius 2 is 1.00 bits per heavy atom. The molecule has 0 radical (unpaired) electrons. The van der Waals surface area contributed by atoms with Crippen molar-refractivity contribution < 1.29 is 5.11 Å². The number of aliphatic hydroxyl groups excluding tert-OH is 1. The van der Waals surface area contributed by atoms with Gasteiger partial charge in [0.05, 0.1) is 0 Å².